The van der Waals surface area contributed by atoms with Gasteiger partial charge in [0.05, 0.1) is 11.9 Å². The Bertz CT molecular complexity index is 316. The molecule has 1 fully saturated rings. The van der Waals surface area contributed by atoms with Crippen molar-refractivity contribution in [2.24, 2.45) is 5.73 Å². The van der Waals surface area contributed by atoms with E-state index in [4.69, 9.17) is 5.73 Å². The van der Waals surface area contributed by atoms with Gasteiger partial charge in [-0.05, 0) is 34.8 Å². The van der Waals surface area contributed by atoms with Crippen molar-refractivity contribution in [3.05, 3.63) is 22.9 Å². The van der Waals surface area contributed by atoms with E-state index in [9.17, 15) is 0 Å². The number of hydrogen-bond acceptors (Lipinski definition) is 3. The van der Waals surface area contributed by atoms with Crippen LogP contribution < -0.4 is 10.6 Å². The zero-order valence-corrected chi connectivity index (χ0v) is 9.57. The molecule has 1 atom stereocenters. The highest BCUT2D eigenvalue weighted by atomic mass is 79.9. The molecule has 0 aromatic carbocycles. The van der Waals surface area contributed by atoms with Crippen molar-refractivity contribution < 1.29 is 0 Å². The van der Waals surface area contributed by atoms with Crippen molar-refractivity contribution in [1.29, 1.82) is 0 Å². The number of aromatic nitrogens is 1. The third-order valence-electron chi connectivity index (χ3n) is 2.67. The summed E-state index contributed by atoms with van der Waals surface area (Å²) in [5.74, 6) is 0. The van der Waals surface area contributed by atoms with Gasteiger partial charge in [0.15, 0.2) is 0 Å². The second-order valence-corrected chi connectivity index (χ2v) is 4.50. The minimum Gasteiger partial charge on any atom is -0.366 e. The summed E-state index contributed by atoms with van der Waals surface area (Å²) < 4.78 is 1.03. The number of nitrogens with two attached hydrogens (primary N) is 1. The Morgan fingerprint density at radius 3 is 3.14 bits per heavy atom. The molecule has 1 aromatic rings. The fourth-order valence-corrected chi connectivity index (χ4v) is 2.33. The van der Waals surface area contributed by atoms with Crippen LogP contribution in [0.5, 0.6) is 0 Å². The molecule has 14 heavy (non-hydrogen) atoms. The number of pyridine rings is 1. The van der Waals surface area contributed by atoms with Crippen molar-refractivity contribution in [2.75, 3.05) is 18.0 Å². The minimum absolute atomic E-state index is 0.492. The van der Waals surface area contributed by atoms with Crippen molar-refractivity contribution >= 4 is 21.6 Å². The fourth-order valence-electron chi connectivity index (χ4n) is 1.98. The molecule has 1 aromatic heterocycles. The van der Waals surface area contributed by atoms with Crippen molar-refractivity contribution in [3.63, 3.8) is 0 Å². The zero-order chi connectivity index (χ0) is 9.97. The summed E-state index contributed by atoms with van der Waals surface area (Å²) in [7, 11) is 0. The molecule has 2 N–H and O–H groups in total. The van der Waals surface area contributed by atoms with Crippen molar-refractivity contribution in [2.45, 2.75) is 18.9 Å². The standard InChI is InChI=1S/C10H14BrN3/c11-8-4-10(7-13-6-8)14-3-1-2-9(14)5-12/h4,6-7,9H,1-3,5,12H2. The molecule has 2 rings (SSSR count). The third kappa shape index (κ3) is 1.91. The van der Waals surface area contributed by atoms with Gasteiger partial charge in [0, 0.05) is 29.8 Å². The molecule has 1 aliphatic heterocycles. The predicted octanol–water partition coefficient (Wildman–Crippen LogP) is 1.77. The molecule has 1 aliphatic rings. The van der Waals surface area contributed by atoms with Gasteiger partial charge in [-0.25, -0.2) is 0 Å². The topological polar surface area (TPSA) is 42.1 Å². The SMILES string of the molecule is NCC1CCCN1c1cncc(Br)c1. The van der Waals surface area contributed by atoms with Crippen molar-refractivity contribution in [3.8, 4) is 0 Å². The Morgan fingerprint density at radius 2 is 2.43 bits per heavy atom. The van der Waals surface area contributed by atoms with Crippen LogP contribution in [0.25, 0.3) is 0 Å². The van der Waals surface area contributed by atoms with E-state index in [0.29, 0.717) is 6.04 Å². The number of rotatable bonds is 2. The Morgan fingerprint density at radius 1 is 1.57 bits per heavy atom. The Hall–Kier alpha value is -0.610. The van der Waals surface area contributed by atoms with Crippen LogP contribution in [0.3, 0.4) is 0 Å². The first-order valence-electron chi connectivity index (χ1n) is 4.88. The smallest absolute Gasteiger partial charge is 0.0567 e. The lowest BCUT2D eigenvalue weighted by atomic mass is 10.2. The Balaban J connectivity index is 2.21. The summed E-state index contributed by atoms with van der Waals surface area (Å²) in [6, 6.07) is 2.59. The van der Waals surface area contributed by atoms with E-state index in [1.165, 1.54) is 18.5 Å². The van der Waals surface area contributed by atoms with Gasteiger partial charge in [0.1, 0.15) is 0 Å². The van der Waals surface area contributed by atoms with Gasteiger partial charge in [0.25, 0.3) is 0 Å². The lowest BCUT2D eigenvalue weighted by Gasteiger charge is -2.25. The normalized spacial score (nSPS) is 21.6. The molecular weight excluding hydrogens is 242 g/mol. The molecule has 0 saturated carbocycles. The van der Waals surface area contributed by atoms with Crippen LogP contribution in [-0.2, 0) is 0 Å². The molecule has 0 spiro atoms. The average molecular weight is 256 g/mol. The maximum absolute atomic E-state index is 5.73. The number of anilines is 1. The molecule has 3 nitrogen and oxygen atoms in total. The van der Waals surface area contributed by atoms with Gasteiger partial charge < -0.3 is 10.6 Å². The highest BCUT2D eigenvalue weighted by Crippen LogP contribution is 2.26. The van der Waals surface area contributed by atoms with Gasteiger partial charge in [-0.1, -0.05) is 0 Å². The molecule has 0 bridgehead atoms. The maximum atomic E-state index is 5.73. The van der Waals surface area contributed by atoms with E-state index >= 15 is 0 Å². The second kappa shape index (κ2) is 4.28. The fraction of sp³-hybridized carbons (Fsp3) is 0.500. The van der Waals surface area contributed by atoms with E-state index in [1.807, 2.05) is 6.20 Å². The molecule has 76 valence electrons. The minimum atomic E-state index is 0.492. The van der Waals surface area contributed by atoms with E-state index in [2.05, 4.69) is 31.9 Å². The first-order chi connectivity index (χ1) is 6.81. The van der Waals surface area contributed by atoms with Gasteiger partial charge in [0.2, 0.25) is 0 Å². The number of hydrogen-bond donors (Lipinski definition) is 1. The van der Waals surface area contributed by atoms with Gasteiger partial charge >= 0.3 is 0 Å². The summed E-state index contributed by atoms with van der Waals surface area (Å²) >= 11 is 3.43. The van der Waals surface area contributed by atoms with E-state index in [-0.39, 0.29) is 0 Å². The number of halogens is 1. The van der Waals surface area contributed by atoms with Gasteiger partial charge in [-0.2, -0.15) is 0 Å². The lowest BCUT2D eigenvalue weighted by Crippen LogP contribution is -2.35. The van der Waals surface area contributed by atoms with Crippen LogP contribution in [0, 0.1) is 0 Å². The van der Waals surface area contributed by atoms with E-state index in [0.717, 1.165) is 17.6 Å². The summed E-state index contributed by atoms with van der Waals surface area (Å²) in [6.45, 7) is 1.83. The molecule has 1 unspecified atom stereocenters. The van der Waals surface area contributed by atoms with Gasteiger partial charge in [-0.15, -0.1) is 0 Å². The second-order valence-electron chi connectivity index (χ2n) is 3.59. The molecule has 0 amide bonds. The quantitative estimate of drug-likeness (QED) is 0.876. The van der Waals surface area contributed by atoms with Crippen LogP contribution in [0.4, 0.5) is 5.69 Å². The van der Waals surface area contributed by atoms with Crippen LogP contribution in [0.15, 0.2) is 22.9 Å². The van der Waals surface area contributed by atoms with Crippen LogP contribution >= 0.6 is 15.9 Å². The monoisotopic (exact) mass is 255 g/mol. The third-order valence-corrected chi connectivity index (χ3v) is 3.10. The highest BCUT2D eigenvalue weighted by Gasteiger charge is 2.23. The van der Waals surface area contributed by atoms with E-state index in [1.54, 1.807) is 6.20 Å². The first-order valence-corrected chi connectivity index (χ1v) is 5.68. The molecule has 0 radical (unpaired) electrons. The molecule has 0 aliphatic carbocycles. The summed E-state index contributed by atoms with van der Waals surface area (Å²) in [5, 5.41) is 0. The zero-order valence-electron chi connectivity index (χ0n) is 7.99. The van der Waals surface area contributed by atoms with Crippen LogP contribution in [-0.4, -0.2) is 24.1 Å². The molecular formula is C10H14BrN3. The van der Waals surface area contributed by atoms with Crippen LogP contribution in [0.2, 0.25) is 0 Å². The van der Waals surface area contributed by atoms with E-state index < -0.39 is 0 Å². The number of nitrogens with zero attached hydrogens (tertiary/aromatic N) is 2. The maximum Gasteiger partial charge on any atom is 0.0567 e. The van der Waals surface area contributed by atoms with Gasteiger partial charge in [-0.3, -0.25) is 4.98 Å². The lowest BCUT2D eigenvalue weighted by molar-refractivity contribution is 0.676. The Labute approximate surface area is 92.4 Å². The predicted molar refractivity (Wildman–Crippen MR) is 61.4 cm³/mol. The molecule has 1 saturated heterocycles. The highest BCUT2D eigenvalue weighted by molar-refractivity contribution is 9.10. The first kappa shape index (κ1) is 9.93. The summed E-state index contributed by atoms with van der Waals surface area (Å²) in [4.78, 5) is 6.51. The largest absolute Gasteiger partial charge is 0.366 e. The molecule has 2 heterocycles. The molecule has 4 heteroatoms. The van der Waals surface area contributed by atoms with Crippen molar-refractivity contribution in [1.82, 2.24) is 4.98 Å². The average Bonchev–Trinajstić information content (AvgIpc) is 2.65. The summed E-state index contributed by atoms with van der Waals surface area (Å²) in [5.41, 5.74) is 6.90. The summed E-state index contributed by atoms with van der Waals surface area (Å²) in [6.07, 6.45) is 6.13. The Kier molecular flexibility index (Phi) is 3.03. The van der Waals surface area contributed by atoms with Crippen LogP contribution in [0.1, 0.15) is 12.8 Å².